The van der Waals surface area contributed by atoms with E-state index < -0.39 is 23.7 Å². The summed E-state index contributed by atoms with van der Waals surface area (Å²) in [7, 11) is 2.78. The SMILES string of the molecule is CCOc1ccc(C2C(=C(O)c3c(C)[nH]c(C(=O)OC)c3C)C(=O)C(=O)N2CCCN2CCOCC2)cc1OC. The Bertz CT molecular complexity index is 1310. The molecular formula is C29H37N3O8. The number of hydrogen-bond donors (Lipinski definition) is 2. The van der Waals surface area contributed by atoms with Gasteiger partial charge in [0.2, 0.25) is 0 Å². The largest absolute Gasteiger partial charge is 0.507 e. The molecular weight excluding hydrogens is 518 g/mol. The summed E-state index contributed by atoms with van der Waals surface area (Å²) in [5.41, 5.74) is 1.88. The van der Waals surface area contributed by atoms with Gasteiger partial charge in [0.15, 0.2) is 11.5 Å². The fourth-order valence-corrected chi connectivity index (χ4v) is 5.42. The van der Waals surface area contributed by atoms with Gasteiger partial charge in [0.05, 0.1) is 45.7 Å². The number of likely N-dealkylation sites (tertiary alicyclic amines) is 1. The Labute approximate surface area is 233 Å². The smallest absolute Gasteiger partial charge is 0.354 e. The number of ether oxygens (including phenoxy) is 4. The van der Waals surface area contributed by atoms with Crippen molar-refractivity contribution in [3.8, 4) is 11.5 Å². The molecule has 2 aromatic rings. The summed E-state index contributed by atoms with van der Waals surface area (Å²) >= 11 is 0. The lowest BCUT2D eigenvalue weighted by atomic mass is 9.93. The predicted octanol–water partition coefficient (Wildman–Crippen LogP) is 2.97. The number of benzene rings is 1. The summed E-state index contributed by atoms with van der Waals surface area (Å²) in [6.07, 6.45) is 0.631. The molecule has 40 heavy (non-hydrogen) atoms. The van der Waals surface area contributed by atoms with Crippen molar-refractivity contribution in [1.82, 2.24) is 14.8 Å². The standard InChI is InChI=1S/C29H37N3O8/c1-6-40-20-9-8-19(16-21(20)37-4)25-23(26(33)22-17(2)24(29(36)38-5)30-18(22)3)27(34)28(35)32(25)11-7-10-31-12-14-39-15-13-31/h8-9,16,25,30,33H,6-7,10-15H2,1-5H3. The minimum Gasteiger partial charge on any atom is -0.507 e. The quantitative estimate of drug-likeness (QED) is 0.197. The van der Waals surface area contributed by atoms with E-state index in [9.17, 15) is 19.5 Å². The summed E-state index contributed by atoms with van der Waals surface area (Å²) in [5.74, 6) is -1.47. The van der Waals surface area contributed by atoms with E-state index in [0.29, 0.717) is 61.1 Å². The number of esters is 1. The van der Waals surface area contributed by atoms with Gasteiger partial charge >= 0.3 is 5.97 Å². The van der Waals surface area contributed by atoms with Gasteiger partial charge in [-0.2, -0.15) is 0 Å². The van der Waals surface area contributed by atoms with Gasteiger partial charge in [-0.05, 0) is 50.5 Å². The summed E-state index contributed by atoms with van der Waals surface area (Å²) in [6, 6.07) is 4.35. The van der Waals surface area contributed by atoms with Crippen LogP contribution in [0.3, 0.4) is 0 Å². The van der Waals surface area contributed by atoms with Gasteiger partial charge in [-0.1, -0.05) is 6.07 Å². The van der Waals surface area contributed by atoms with Crippen molar-refractivity contribution in [2.75, 3.05) is 60.2 Å². The number of H-pyrrole nitrogens is 1. The Morgan fingerprint density at radius 3 is 2.50 bits per heavy atom. The highest BCUT2D eigenvalue weighted by Crippen LogP contribution is 2.43. The molecule has 1 amide bonds. The van der Waals surface area contributed by atoms with Crippen molar-refractivity contribution in [2.45, 2.75) is 33.2 Å². The second-order valence-electron chi connectivity index (χ2n) is 9.76. The summed E-state index contributed by atoms with van der Waals surface area (Å²) < 4.78 is 21.5. The molecule has 0 spiro atoms. The van der Waals surface area contributed by atoms with Gasteiger partial charge in [0.1, 0.15) is 11.5 Å². The number of carbonyl (C=O) groups excluding carboxylic acids is 3. The number of aromatic nitrogens is 1. The van der Waals surface area contributed by atoms with E-state index in [1.165, 1.54) is 19.1 Å². The highest BCUT2D eigenvalue weighted by Gasteiger charge is 2.46. The Kier molecular flexibility index (Phi) is 9.16. The van der Waals surface area contributed by atoms with Crippen LogP contribution in [0.4, 0.5) is 0 Å². The Hall–Kier alpha value is -3.83. The molecule has 11 heteroatoms. The molecule has 2 aliphatic rings. The van der Waals surface area contributed by atoms with Crippen LogP contribution in [-0.4, -0.2) is 97.8 Å². The number of rotatable bonds is 10. The molecule has 216 valence electrons. The second kappa shape index (κ2) is 12.6. The van der Waals surface area contributed by atoms with Gasteiger partial charge in [-0.25, -0.2) is 4.79 Å². The number of nitrogens with zero attached hydrogens (tertiary/aromatic N) is 2. The molecule has 11 nitrogen and oxygen atoms in total. The summed E-state index contributed by atoms with van der Waals surface area (Å²) in [4.78, 5) is 45.9. The molecule has 2 saturated heterocycles. The van der Waals surface area contributed by atoms with E-state index in [2.05, 4.69) is 9.88 Å². The van der Waals surface area contributed by atoms with Crippen LogP contribution >= 0.6 is 0 Å². The van der Waals surface area contributed by atoms with Crippen LogP contribution in [0.25, 0.3) is 5.76 Å². The number of hydrogen-bond acceptors (Lipinski definition) is 9. The van der Waals surface area contributed by atoms with Crippen LogP contribution in [0, 0.1) is 13.8 Å². The Balaban J connectivity index is 1.79. The normalized spacial score (nSPS) is 19.2. The molecule has 1 aromatic carbocycles. The van der Waals surface area contributed by atoms with Crippen molar-refractivity contribution in [3.05, 3.63) is 51.9 Å². The van der Waals surface area contributed by atoms with Crippen molar-refractivity contribution in [1.29, 1.82) is 0 Å². The van der Waals surface area contributed by atoms with Crippen LogP contribution in [-0.2, 0) is 19.1 Å². The van der Waals surface area contributed by atoms with E-state index in [4.69, 9.17) is 18.9 Å². The van der Waals surface area contributed by atoms with Crippen LogP contribution in [0.15, 0.2) is 23.8 Å². The topological polar surface area (TPSA) is 131 Å². The number of aromatic amines is 1. The fraction of sp³-hybridized carbons (Fsp3) is 0.483. The molecule has 2 N–H and O–H groups in total. The Morgan fingerprint density at radius 1 is 1.12 bits per heavy atom. The van der Waals surface area contributed by atoms with Gasteiger partial charge in [0.25, 0.3) is 11.7 Å². The zero-order valence-corrected chi connectivity index (χ0v) is 23.7. The second-order valence-corrected chi connectivity index (χ2v) is 9.76. The maximum atomic E-state index is 13.5. The third-order valence-electron chi connectivity index (χ3n) is 7.38. The first-order chi connectivity index (χ1) is 19.2. The lowest BCUT2D eigenvalue weighted by Crippen LogP contribution is -2.39. The predicted molar refractivity (Wildman–Crippen MR) is 147 cm³/mol. The van der Waals surface area contributed by atoms with E-state index >= 15 is 0 Å². The van der Waals surface area contributed by atoms with Crippen molar-refractivity contribution in [3.63, 3.8) is 0 Å². The molecule has 0 bridgehead atoms. The Morgan fingerprint density at radius 2 is 1.85 bits per heavy atom. The number of aryl methyl sites for hydroxylation is 1. The number of ketones is 1. The van der Waals surface area contributed by atoms with Crippen LogP contribution in [0.1, 0.15) is 52.3 Å². The van der Waals surface area contributed by atoms with E-state index in [1.807, 2.05) is 6.92 Å². The number of amides is 1. The number of carbonyl (C=O) groups is 3. The van der Waals surface area contributed by atoms with Crippen LogP contribution < -0.4 is 9.47 Å². The van der Waals surface area contributed by atoms with Crippen molar-refractivity contribution < 1.29 is 38.4 Å². The molecule has 0 saturated carbocycles. The highest BCUT2D eigenvalue weighted by atomic mass is 16.5. The monoisotopic (exact) mass is 555 g/mol. The molecule has 1 aromatic heterocycles. The van der Waals surface area contributed by atoms with E-state index in [0.717, 1.165) is 19.6 Å². The molecule has 4 rings (SSSR count). The zero-order valence-electron chi connectivity index (χ0n) is 23.7. The van der Waals surface area contributed by atoms with E-state index in [1.54, 1.807) is 32.0 Å². The average molecular weight is 556 g/mol. The lowest BCUT2D eigenvalue weighted by Gasteiger charge is -2.29. The number of methoxy groups -OCH3 is 2. The van der Waals surface area contributed by atoms with Gasteiger partial charge in [-0.3, -0.25) is 14.5 Å². The van der Waals surface area contributed by atoms with E-state index in [-0.39, 0.29) is 22.6 Å². The van der Waals surface area contributed by atoms with Crippen molar-refractivity contribution in [2.24, 2.45) is 0 Å². The molecule has 0 aliphatic carbocycles. The van der Waals surface area contributed by atoms with Crippen molar-refractivity contribution >= 4 is 23.4 Å². The fourth-order valence-electron chi connectivity index (χ4n) is 5.42. The van der Waals surface area contributed by atoms with Crippen LogP contribution in [0.5, 0.6) is 11.5 Å². The molecule has 2 fully saturated rings. The third-order valence-corrected chi connectivity index (χ3v) is 7.38. The third kappa shape index (κ3) is 5.57. The maximum Gasteiger partial charge on any atom is 0.354 e. The van der Waals surface area contributed by atoms with Gasteiger partial charge in [0, 0.05) is 37.4 Å². The highest BCUT2D eigenvalue weighted by molar-refractivity contribution is 6.46. The number of aliphatic hydroxyl groups excluding tert-OH is 1. The summed E-state index contributed by atoms with van der Waals surface area (Å²) in [6.45, 7) is 9.63. The minimum absolute atomic E-state index is 0.0517. The average Bonchev–Trinajstić information content (AvgIpc) is 3.40. The molecule has 1 atom stereocenters. The molecule has 0 radical (unpaired) electrons. The number of nitrogens with one attached hydrogen (secondary N) is 1. The first kappa shape index (κ1) is 29.2. The minimum atomic E-state index is -0.871. The lowest BCUT2D eigenvalue weighted by molar-refractivity contribution is -0.140. The first-order valence-electron chi connectivity index (χ1n) is 13.4. The maximum absolute atomic E-state index is 13.5. The first-order valence-corrected chi connectivity index (χ1v) is 13.4. The van der Waals surface area contributed by atoms with Gasteiger partial charge in [-0.15, -0.1) is 0 Å². The number of aliphatic hydroxyl groups is 1. The van der Waals surface area contributed by atoms with Gasteiger partial charge < -0.3 is 33.9 Å². The summed E-state index contributed by atoms with van der Waals surface area (Å²) in [5, 5.41) is 11.6. The zero-order chi connectivity index (χ0) is 29.0. The van der Waals surface area contributed by atoms with Crippen LogP contribution in [0.2, 0.25) is 0 Å². The molecule has 2 aliphatic heterocycles. The number of Topliss-reactive ketones (excluding diaryl/α,β-unsaturated/α-hetero) is 1. The number of morpholine rings is 1. The molecule has 3 heterocycles. The molecule has 1 unspecified atom stereocenters.